The van der Waals surface area contributed by atoms with E-state index in [1.54, 1.807) is 6.20 Å². The molecule has 1 aliphatic rings. The predicted molar refractivity (Wildman–Crippen MR) is 87.7 cm³/mol. The lowest BCUT2D eigenvalue weighted by molar-refractivity contribution is 0.0608. The molecule has 0 radical (unpaired) electrons. The van der Waals surface area contributed by atoms with Crippen molar-refractivity contribution in [1.29, 1.82) is 0 Å². The predicted octanol–water partition coefficient (Wildman–Crippen LogP) is 3.67. The minimum absolute atomic E-state index is 0.0334. The topological polar surface area (TPSA) is 39.9 Å². The molecule has 3 heterocycles. The third-order valence-electron chi connectivity index (χ3n) is 4.20. The molecule has 0 spiro atoms. The summed E-state index contributed by atoms with van der Waals surface area (Å²) in [6, 6.07) is 4.03. The highest BCUT2D eigenvalue weighted by molar-refractivity contribution is 5.57. The van der Waals surface area contributed by atoms with Crippen LogP contribution in [0, 0.1) is 5.92 Å². The van der Waals surface area contributed by atoms with Crippen LogP contribution < -0.4 is 0 Å². The first kappa shape index (κ1) is 15.2. The molecule has 0 aromatic carbocycles. The number of pyridine rings is 1. The first-order valence-electron chi connectivity index (χ1n) is 8.10. The molecule has 0 N–H and O–H groups in total. The molecule has 0 atom stereocenters. The Bertz CT molecular complexity index is 607. The van der Waals surface area contributed by atoms with Crippen molar-refractivity contribution in [3.63, 3.8) is 0 Å². The van der Waals surface area contributed by atoms with Crippen molar-refractivity contribution in [3.05, 3.63) is 36.5 Å². The van der Waals surface area contributed by atoms with Gasteiger partial charge in [-0.05, 0) is 30.9 Å². The van der Waals surface area contributed by atoms with Gasteiger partial charge in [0.2, 0.25) is 0 Å². The van der Waals surface area contributed by atoms with Gasteiger partial charge in [0.1, 0.15) is 5.82 Å². The van der Waals surface area contributed by atoms with Crippen LogP contribution in [0.2, 0.25) is 0 Å². The fourth-order valence-corrected chi connectivity index (χ4v) is 3.01. The van der Waals surface area contributed by atoms with Gasteiger partial charge in [0, 0.05) is 49.3 Å². The van der Waals surface area contributed by atoms with Gasteiger partial charge in [-0.25, -0.2) is 4.98 Å². The summed E-state index contributed by atoms with van der Waals surface area (Å²) in [5.74, 6) is 1.84. The van der Waals surface area contributed by atoms with E-state index in [4.69, 9.17) is 9.72 Å². The van der Waals surface area contributed by atoms with Crippen molar-refractivity contribution in [2.45, 2.75) is 45.6 Å². The fraction of sp³-hybridized carbons (Fsp3) is 0.556. The molecule has 118 valence electrons. The van der Waals surface area contributed by atoms with Crippen molar-refractivity contribution < 1.29 is 4.74 Å². The summed E-state index contributed by atoms with van der Waals surface area (Å²) in [4.78, 5) is 9.12. The normalized spacial score (nSPS) is 16.9. The standard InChI is InChI=1S/C18H25N3O/c1-18(2,3)17-20-16(15-5-4-8-19-11-15)13-21(17)12-14-6-9-22-10-7-14/h4-5,8,11,13-14H,6-7,9-10,12H2,1-3H3. The van der Waals surface area contributed by atoms with Crippen LogP contribution in [0.4, 0.5) is 0 Å². The van der Waals surface area contributed by atoms with E-state index in [1.165, 1.54) is 0 Å². The van der Waals surface area contributed by atoms with Gasteiger partial charge in [-0.1, -0.05) is 20.8 Å². The van der Waals surface area contributed by atoms with E-state index >= 15 is 0 Å². The lowest BCUT2D eigenvalue weighted by Gasteiger charge is -2.25. The second kappa shape index (κ2) is 6.21. The van der Waals surface area contributed by atoms with E-state index in [0.29, 0.717) is 5.92 Å². The van der Waals surface area contributed by atoms with Crippen LogP contribution in [-0.4, -0.2) is 27.7 Å². The molecule has 1 saturated heterocycles. The molecule has 4 nitrogen and oxygen atoms in total. The van der Waals surface area contributed by atoms with Crippen LogP contribution in [0.25, 0.3) is 11.3 Å². The lowest BCUT2D eigenvalue weighted by atomic mass is 9.94. The Morgan fingerprint density at radius 2 is 2.05 bits per heavy atom. The average Bonchev–Trinajstić information content (AvgIpc) is 2.93. The number of ether oxygens (including phenoxy) is 1. The third-order valence-corrected chi connectivity index (χ3v) is 4.20. The molecular formula is C18H25N3O. The maximum absolute atomic E-state index is 5.48. The number of rotatable bonds is 3. The first-order valence-corrected chi connectivity index (χ1v) is 8.10. The Hall–Kier alpha value is -1.68. The zero-order chi connectivity index (χ0) is 15.6. The van der Waals surface area contributed by atoms with Crippen LogP contribution in [0.3, 0.4) is 0 Å². The van der Waals surface area contributed by atoms with Gasteiger partial charge in [-0.15, -0.1) is 0 Å². The summed E-state index contributed by atoms with van der Waals surface area (Å²) in [6.07, 6.45) is 8.15. The summed E-state index contributed by atoms with van der Waals surface area (Å²) >= 11 is 0. The molecule has 0 amide bonds. The molecule has 0 saturated carbocycles. The minimum Gasteiger partial charge on any atom is -0.381 e. The molecule has 0 bridgehead atoms. The number of aromatic nitrogens is 3. The average molecular weight is 299 g/mol. The molecule has 1 aliphatic heterocycles. The molecule has 3 rings (SSSR count). The zero-order valence-corrected chi connectivity index (χ0v) is 13.7. The van der Waals surface area contributed by atoms with Crippen molar-refractivity contribution in [1.82, 2.24) is 14.5 Å². The van der Waals surface area contributed by atoms with Gasteiger partial charge in [0.15, 0.2) is 0 Å². The quantitative estimate of drug-likeness (QED) is 0.868. The fourth-order valence-electron chi connectivity index (χ4n) is 3.01. The number of nitrogens with zero attached hydrogens (tertiary/aromatic N) is 3. The highest BCUT2D eigenvalue weighted by Crippen LogP contribution is 2.28. The van der Waals surface area contributed by atoms with Gasteiger partial charge in [-0.3, -0.25) is 4.98 Å². The summed E-state index contributed by atoms with van der Waals surface area (Å²) in [6.45, 7) is 9.48. The Morgan fingerprint density at radius 1 is 1.27 bits per heavy atom. The highest BCUT2D eigenvalue weighted by atomic mass is 16.5. The molecule has 0 aliphatic carbocycles. The molecule has 1 fully saturated rings. The van der Waals surface area contributed by atoms with Crippen LogP contribution in [0.1, 0.15) is 39.4 Å². The zero-order valence-electron chi connectivity index (χ0n) is 13.7. The van der Waals surface area contributed by atoms with Crippen LogP contribution in [0.5, 0.6) is 0 Å². The van der Waals surface area contributed by atoms with Crippen molar-refractivity contribution in [2.24, 2.45) is 5.92 Å². The molecule has 2 aromatic rings. The minimum atomic E-state index is 0.0334. The molecule has 22 heavy (non-hydrogen) atoms. The molecule has 2 aromatic heterocycles. The number of hydrogen-bond donors (Lipinski definition) is 0. The lowest BCUT2D eigenvalue weighted by Crippen LogP contribution is -2.24. The Balaban J connectivity index is 1.91. The monoisotopic (exact) mass is 299 g/mol. The van der Waals surface area contributed by atoms with Crippen LogP contribution in [-0.2, 0) is 16.7 Å². The second-order valence-corrected chi connectivity index (χ2v) is 7.15. The van der Waals surface area contributed by atoms with Gasteiger partial charge >= 0.3 is 0 Å². The third kappa shape index (κ3) is 3.38. The number of hydrogen-bond acceptors (Lipinski definition) is 3. The molecular weight excluding hydrogens is 274 g/mol. The van der Waals surface area contributed by atoms with E-state index in [9.17, 15) is 0 Å². The summed E-state index contributed by atoms with van der Waals surface area (Å²) in [5, 5.41) is 0. The van der Waals surface area contributed by atoms with E-state index in [1.807, 2.05) is 12.3 Å². The van der Waals surface area contributed by atoms with E-state index in [-0.39, 0.29) is 5.41 Å². The summed E-state index contributed by atoms with van der Waals surface area (Å²) < 4.78 is 7.82. The van der Waals surface area contributed by atoms with Gasteiger partial charge in [0.25, 0.3) is 0 Å². The van der Waals surface area contributed by atoms with Gasteiger partial charge < -0.3 is 9.30 Å². The van der Waals surface area contributed by atoms with E-state index in [0.717, 1.165) is 49.7 Å². The van der Waals surface area contributed by atoms with E-state index in [2.05, 4.69) is 42.6 Å². The Morgan fingerprint density at radius 3 is 2.68 bits per heavy atom. The largest absolute Gasteiger partial charge is 0.381 e. The van der Waals surface area contributed by atoms with E-state index < -0.39 is 0 Å². The van der Waals surface area contributed by atoms with Gasteiger partial charge in [-0.2, -0.15) is 0 Å². The SMILES string of the molecule is CC(C)(C)c1nc(-c2cccnc2)cn1CC1CCOCC1. The highest BCUT2D eigenvalue weighted by Gasteiger charge is 2.24. The summed E-state index contributed by atoms with van der Waals surface area (Å²) in [7, 11) is 0. The molecule has 0 unspecified atom stereocenters. The maximum atomic E-state index is 5.48. The molecule has 4 heteroatoms. The van der Waals surface area contributed by atoms with Crippen molar-refractivity contribution in [3.8, 4) is 11.3 Å². The Kier molecular flexibility index (Phi) is 4.30. The Labute approximate surface area is 132 Å². The van der Waals surface area contributed by atoms with Crippen molar-refractivity contribution in [2.75, 3.05) is 13.2 Å². The van der Waals surface area contributed by atoms with Crippen LogP contribution in [0.15, 0.2) is 30.7 Å². The second-order valence-electron chi connectivity index (χ2n) is 7.15. The van der Waals surface area contributed by atoms with Crippen LogP contribution >= 0.6 is 0 Å². The number of imidazole rings is 1. The van der Waals surface area contributed by atoms with Crippen molar-refractivity contribution >= 4 is 0 Å². The smallest absolute Gasteiger partial charge is 0.114 e. The summed E-state index contributed by atoms with van der Waals surface area (Å²) in [5.41, 5.74) is 2.13. The first-order chi connectivity index (χ1) is 10.5. The maximum Gasteiger partial charge on any atom is 0.114 e. The van der Waals surface area contributed by atoms with Gasteiger partial charge in [0.05, 0.1) is 5.69 Å².